The minimum Gasteiger partial charge on any atom is -0.505 e. The smallest absolute Gasteiger partial charge is 0.180 e. The van der Waals surface area contributed by atoms with E-state index in [4.69, 9.17) is 22.4 Å². The second-order valence-corrected chi connectivity index (χ2v) is 2.79. The van der Waals surface area contributed by atoms with Gasteiger partial charge in [-0.1, -0.05) is 11.6 Å². The summed E-state index contributed by atoms with van der Waals surface area (Å²) in [6.07, 6.45) is 0. The van der Waals surface area contributed by atoms with Gasteiger partial charge in [-0.15, -0.1) is 0 Å². The van der Waals surface area contributed by atoms with Crippen molar-refractivity contribution in [3.8, 4) is 5.75 Å². The van der Waals surface area contributed by atoms with Crippen LogP contribution in [0.4, 0.5) is 4.39 Å². The first kappa shape index (κ1) is 9.95. The molecule has 0 heterocycles. The number of Topliss-reactive ketones (excluding diaryl/α,β-unsaturated/α-hetero) is 1. The Bertz CT molecular complexity index is 354. The molecule has 0 saturated heterocycles. The van der Waals surface area contributed by atoms with Gasteiger partial charge in [0.2, 0.25) is 0 Å². The lowest BCUT2D eigenvalue weighted by molar-refractivity contribution is 0.0997. The van der Waals surface area contributed by atoms with Crippen molar-refractivity contribution in [1.82, 2.24) is 0 Å². The first-order chi connectivity index (χ1) is 6.07. The van der Waals surface area contributed by atoms with Crippen LogP contribution in [0.25, 0.3) is 0 Å². The van der Waals surface area contributed by atoms with E-state index < -0.39 is 17.3 Å². The SMILES string of the molecule is NCC(=O)c1c(Cl)ccc(O)c1F. The van der Waals surface area contributed by atoms with Crippen molar-refractivity contribution >= 4 is 17.4 Å². The molecule has 0 unspecified atom stereocenters. The summed E-state index contributed by atoms with van der Waals surface area (Å²) in [5.41, 5.74) is 4.68. The van der Waals surface area contributed by atoms with Gasteiger partial charge in [0.05, 0.1) is 17.1 Å². The molecule has 0 aliphatic rings. The summed E-state index contributed by atoms with van der Waals surface area (Å²) in [6, 6.07) is 2.31. The Morgan fingerprint density at radius 2 is 2.23 bits per heavy atom. The van der Waals surface area contributed by atoms with Crippen LogP contribution in [0.15, 0.2) is 12.1 Å². The topological polar surface area (TPSA) is 63.3 Å². The lowest BCUT2D eigenvalue weighted by Crippen LogP contribution is -2.15. The number of ketones is 1. The molecule has 3 N–H and O–H groups in total. The quantitative estimate of drug-likeness (QED) is 0.713. The Labute approximate surface area is 78.9 Å². The molecular weight excluding hydrogens is 197 g/mol. The van der Waals surface area contributed by atoms with E-state index >= 15 is 0 Å². The highest BCUT2D eigenvalue weighted by Crippen LogP contribution is 2.26. The van der Waals surface area contributed by atoms with Gasteiger partial charge < -0.3 is 10.8 Å². The maximum atomic E-state index is 13.1. The predicted molar refractivity (Wildman–Crippen MR) is 46.5 cm³/mol. The summed E-state index contributed by atoms with van der Waals surface area (Å²) in [4.78, 5) is 11.0. The van der Waals surface area contributed by atoms with Gasteiger partial charge >= 0.3 is 0 Å². The van der Waals surface area contributed by atoms with E-state index in [1.165, 1.54) is 6.07 Å². The molecule has 0 spiro atoms. The molecule has 0 aliphatic carbocycles. The maximum Gasteiger partial charge on any atom is 0.180 e. The van der Waals surface area contributed by atoms with Crippen molar-refractivity contribution in [3.05, 3.63) is 28.5 Å². The number of carbonyl (C=O) groups excluding carboxylic acids is 1. The number of aromatic hydroxyl groups is 1. The van der Waals surface area contributed by atoms with E-state index in [9.17, 15) is 9.18 Å². The zero-order valence-corrected chi connectivity index (χ0v) is 7.31. The van der Waals surface area contributed by atoms with Gasteiger partial charge in [-0.05, 0) is 12.1 Å². The van der Waals surface area contributed by atoms with E-state index in [1.54, 1.807) is 0 Å². The summed E-state index contributed by atoms with van der Waals surface area (Å²) >= 11 is 5.55. The normalized spacial score (nSPS) is 10.1. The van der Waals surface area contributed by atoms with Crippen LogP contribution in [0.1, 0.15) is 10.4 Å². The number of carbonyl (C=O) groups is 1. The fraction of sp³-hybridized carbons (Fsp3) is 0.125. The van der Waals surface area contributed by atoms with Crippen molar-refractivity contribution in [2.24, 2.45) is 5.73 Å². The zero-order valence-electron chi connectivity index (χ0n) is 6.55. The Balaban J connectivity index is 3.33. The third-order valence-electron chi connectivity index (χ3n) is 1.53. The average molecular weight is 204 g/mol. The van der Waals surface area contributed by atoms with E-state index in [1.807, 2.05) is 0 Å². The van der Waals surface area contributed by atoms with Crippen molar-refractivity contribution in [2.75, 3.05) is 6.54 Å². The van der Waals surface area contributed by atoms with Crippen LogP contribution in [0, 0.1) is 5.82 Å². The molecule has 0 fully saturated rings. The fourth-order valence-electron chi connectivity index (χ4n) is 0.899. The predicted octanol–water partition coefficient (Wildman–Crippen LogP) is 1.33. The lowest BCUT2D eigenvalue weighted by Gasteiger charge is -2.04. The van der Waals surface area contributed by atoms with Crippen LogP contribution in [-0.2, 0) is 0 Å². The summed E-state index contributed by atoms with van der Waals surface area (Å²) < 4.78 is 13.1. The largest absolute Gasteiger partial charge is 0.505 e. The van der Waals surface area contributed by atoms with Crippen LogP contribution in [-0.4, -0.2) is 17.4 Å². The summed E-state index contributed by atoms with van der Waals surface area (Å²) in [7, 11) is 0. The second-order valence-electron chi connectivity index (χ2n) is 2.38. The summed E-state index contributed by atoms with van der Waals surface area (Å²) in [5.74, 6) is -2.28. The van der Waals surface area contributed by atoms with Crippen molar-refractivity contribution in [2.45, 2.75) is 0 Å². The molecule has 0 amide bonds. The number of nitrogens with two attached hydrogens (primary N) is 1. The third kappa shape index (κ3) is 1.79. The first-order valence-electron chi connectivity index (χ1n) is 3.48. The molecule has 0 saturated carbocycles. The average Bonchev–Trinajstić information content (AvgIpc) is 2.12. The summed E-state index contributed by atoms with van der Waals surface area (Å²) in [5, 5.41) is 8.89. The van der Waals surface area contributed by atoms with Crippen LogP contribution in [0.2, 0.25) is 5.02 Å². The molecule has 0 aliphatic heterocycles. The van der Waals surface area contributed by atoms with E-state index in [-0.39, 0.29) is 17.1 Å². The Morgan fingerprint density at radius 3 is 2.77 bits per heavy atom. The molecule has 0 atom stereocenters. The first-order valence-corrected chi connectivity index (χ1v) is 3.86. The Kier molecular flexibility index (Phi) is 2.85. The molecule has 1 rings (SSSR count). The van der Waals surface area contributed by atoms with Crippen molar-refractivity contribution in [1.29, 1.82) is 0 Å². The Morgan fingerprint density at radius 1 is 1.62 bits per heavy atom. The number of rotatable bonds is 2. The highest BCUT2D eigenvalue weighted by Gasteiger charge is 2.17. The van der Waals surface area contributed by atoms with Crippen molar-refractivity contribution in [3.63, 3.8) is 0 Å². The molecule has 1 aromatic rings. The minimum absolute atomic E-state index is 0.0502. The maximum absolute atomic E-state index is 13.1. The number of benzene rings is 1. The van der Waals surface area contributed by atoms with Gasteiger partial charge in [-0.3, -0.25) is 4.79 Å². The molecule has 0 aromatic heterocycles. The molecule has 3 nitrogen and oxygen atoms in total. The van der Waals surface area contributed by atoms with Crippen LogP contribution in [0.5, 0.6) is 5.75 Å². The van der Waals surface area contributed by atoms with Gasteiger partial charge in [0, 0.05) is 0 Å². The van der Waals surface area contributed by atoms with Crippen LogP contribution >= 0.6 is 11.6 Å². The molecule has 5 heteroatoms. The standard InChI is InChI=1S/C8H7ClFNO2/c9-4-1-2-5(12)8(10)7(4)6(13)3-11/h1-2,12H,3,11H2. The number of halogens is 2. The number of phenols is 1. The van der Waals surface area contributed by atoms with E-state index in [0.29, 0.717) is 0 Å². The van der Waals surface area contributed by atoms with Crippen LogP contribution in [0.3, 0.4) is 0 Å². The number of hydrogen-bond acceptors (Lipinski definition) is 3. The van der Waals surface area contributed by atoms with Gasteiger partial charge in [-0.25, -0.2) is 4.39 Å². The molecule has 0 bridgehead atoms. The zero-order chi connectivity index (χ0) is 10.0. The van der Waals surface area contributed by atoms with Gasteiger partial charge in [0.15, 0.2) is 17.3 Å². The monoisotopic (exact) mass is 203 g/mol. The summed E-state index contributed by atoms with van der Waals surface area (Å²) in [6.45, 7) is -0.347. The molecule has 70 valence electrons. The van der Waals surface area contributed by atoms with E-state index in [2.05, 4.69) is 0 Å². The highest BCUT2D eigenvalue weighted by molar-refractivity contribution is 6.34. The third-order valence-corrected chi connectivity index (χ3v) is 1.85. The highest BCUT2D eigenvalue weighted by atomic mass is 35.5. The van der Waals surface area contributed by atoms with Gasteiger partial charge in [-0.2, -0.15) is 0 Å². The fourth-order valence-corrected chi connectivity index (χ4v) is 1.15. The number of hydrogen-bond donors (Lipinski definition) is 2. The van der Waals surface area contributed by atoms with Gasteiger partial charge in [0.25, 0.3) is 0 Å². The lowest BCUT2D eigenvalue weighted by atomic mass is 10.1. The molecular formula is C8H7ClFNO2. The Hall–Kier alpha value is -1.13. The van der Waals surface area contributed by atoms with Crippen LogP contribution < -0.4 is 5.73 Å². The minimum atomic E-state index is -1.03. The van der Waals surface area contributed by atoms with Crippen molar-refractivity contribution < 1.29 is 14.3 Å². The molecule has 13 heavy (non-hydrogen) atoms. The molecule has 1 aromatic carbocycles. The van der Waals surface area contributed by atoms with E-state index in [0.717, 1.165) is 6.07 Å². The second kappa shape index (κ2) is 3.72. The number of phenolic OH excluding ortho intramolecular Hbond substituents is 1. The van der Waals surface area contributed by atoms with Gasteiger partial charge in [0.1, 0.15) is 0 Å². The molecule has 0 radical (unpaired) electrons.